The highest BCUT2D eigenvalue weighted by molar-refractivity contribution is 7.80. The highest BCUT2D eigenvalue weighted by Crippen LogP contribution is 2.30. The largest absolute Gasteiger partial charge is 0.494 e. The Labute approximate surface area is 185 Å². The third-order valence-electron chi connectivity index (χ3n) is 3.89. The Kier molecular flexibility index (Phi) is 7.89. The minimum Gasteiger partial charge on any atom is -0.494 e. The van der Waals surface area contributed by atoms with Crippen LogP contribution in [0.3, 0.4) is 0 Å². The number of ether oxygens (including phenoxy) is 2. The molecule has 0 atom stereocenters. The molecule has 0 aliphatic rings. The van der Waals surface area contributed by atoms with Gasteiger partial charge in [-0.3, -0.25) is 0 Å². The summed E-state index contributed by atoms with van der Waals surface area (Å²) < 4.78 is 11.9. The number of rotatable bonds is 10. The third-order valence-corrected chi connectivity index (χ3v) is 6.80. The Balaban J connectivity index is 1.52. The summed E-state index contributed by atoms with van der Waals surface area (Å²) in [5.41, 5.74) is 1.38. The van der Waals surface area contributed by atoms with Crippen LogP contribution in [-0.4, -0.2) is 24.3 Å². The normalized spacial score (nSPS) is 10.4. The Morgan fingerprint density at radius 1 is 1.00 bits per heavy atom. The Morgan fingerprint density at radius 3 is 2.47 bits per heavy atom. The summed E-state index contributed by atoms with van der Waals surface area (Å²) >= 11 is 5.15. The first kappa shape index (κ1) is 21.9. The van der Waals surface area contributed by atoms with E-state index in [1.165, 1.54) is 0 Å². The summed E-state index contributed by atoms with van der Waals surface area (Å²) in [5, 5.41) is 9.26. The molecule has 0 N–H and O–H groups in total. The fourth-order valence-electron chi connectivity index (χ4n) is 2.47. The molecule has 0 aliphatic heterocycles. The van der Waals surface area contributed by atoms with Crippen LogP contribution in [0.2, 0.25) is 0 Å². The first-order valence-electron chi connectivity index (χ1n) is 8.94. The van der Waals surface area contributed by atoms with Gasteiger partial charge in [-0.15, -0.1) is 10.1 Å². The van der Waals surface area contributed by atoms with Crippen LogP contribution in [0, 0.1) is 13.9 Å². The number of carbonyl (C=O) groups is 1. The summed E-state index contributed by atoms with van der Waals surface area (Å²) in [6, 6.07) is 15.9. The molecule has 1 heterocycles. The molecule has 10 heteroatoms. The van der Waals surface area contributed by atoms with Crippen molar-refractivity contribution >= 4 is 38.9 Å². The van der Waals surface area contributed by atoms with Crippen molar-refractivity contribution in [2.24, 2.45) is 0 Å². The van der Waals surface area contributed by atoms with Gasteiger partial charge in [-0.05, 0) is 66.9 Å². The van der Waals surface area contributed by atoms with Crippen LogP contribution < -0.4 is 9.47 Å². The van der Waals surface area contributed by atoms with Crippen molar-refractivity contribution in [2.75, 3.05) is 13.2 Å². The molecule has 2 aromatic carbocycles. The van der Waals surface area contributed by atoms with Crippen molar-refractivity contribution in [1.82, 2.24) is 0 Å². The first-order chi connectivity index (χ1) is 14.5. The lowest BCUT2D eigenvalue weighted by atomic mass is 10.2. The van der Waals surface area contributed by atoms with Crippen LogP contribution in [0.5, 0.6) is 11.5 Å². The average molecular weight is 464 g/mol. The smallest absolute Gasteiger partial charge is 0.343 e. The Morgan fingerprint density at radius 2 is 1.77 bits per heavy atom. The SMILES string of the molecule is O=C(Oc1ccc(-c2cc(=S)ss2)cc1)c1cccc(OCCCCO[N+](=O)[O-])c1. The summed E-state index contributed by atoms with van der Waals surface area (Å²) in [4.78, 5) is 27.8. The van der Waals surface area contributed by atoms with Gasteiger partial charge < -0.3 is 14.3 Å². The number of unbranched alkanes of at least 4 members (excludes halogenated alkanes) is 1. The van der Waals surface area contributed by atoms with Gasteiger partial charge in [0.2, 0.25) is 0 Å². The summed E-state index contributed by atoms with van der Waals surface area (Å²) in [7, 11) is 3.16. The zero-order chi connectivity index (χ0) is 21.3. The number of esters is 1. The quantitative estimate of drug-likeness (QED) is 0.0715. The molecule has 0 unspecified atom stereocenters. The van der Waals surface area contributed by atoms with Crippen LogP contribution in [0.15, 0.2) is 54.6 Å². The van der Waals surface area contributed by atoms with E-state index in [9.17, 15) is 14.9 Å². The molecular weight excluding hydrogens is 446 g/mol. The van der Waals surface area contributed by atoms with Crippen molar-refractivity contribution in [2.45, 2.75) is 12.8 Å². The number of carbonyl (C=O) groups excluding carboxylic acids is 1. The highest BCUT2D eigenvalue weighted by Gasteiger charge is 2.10. The molecule has 7 nitrogen and oxygen atoms in total. The Hall–Kier alpha value is -2.82. The zero-order valence-corrected chi connectivity index (χ0v) is 18.1. The zero-order valence-electron chi connectivity index (χ0n) is 15.6. The van der Waals surface area contributed by atoms with Crippen LogP contribution in [0.4, 0.5) is 0 Å². The lowest BCUT2D eigenvalue weighted by Gasteiger charge is -2.08. The van der Waals surface area contributed by atoms with E-state index in [-0.39, 0.29) is 6.61 Å². The summed E-state index contributed by atoms with van der Waals surface area (Å²) in [6.45, 7) is 0.389. The van der Waals surface area contributed by atoms with Crippen molar-refractivity contribution in [1.29, 1.82) is 0 Å². The van der Waals surface area contributed by atoms with E-state index < -0.39 is 11.1 Å². The number of benzene rings is 2. The van der Waals surface area contributed by atoms with Gasteiger partial charge in [0.05, 0.1) is 18.8 Å². The molecule has 0 amide bonds. The van der Waals surface area contributed by atoms with Gasteiger partial charge in [0.15, 0.2) is 0 Å². The van der Waals surface area contributed by atoms with Crippen molar-refractivity contribution in [3.8, 4) is 21.9 Å². The van der Waals surface area contributed by atoms with Gasteiger partial charge in [0, 0.05) is 4.88 Å². The lowest BCUT2D eigenvalue weighted by Crippen LogP contribution is -2.09. The molecule has 1 aromatic heterocycles. The molecule has 0 fully saturated rings. The van der Waals surface area contributed by atoms with Gasteiger partial charge in [-0.2, -0.15) is 0 Å². The maximum absolute atomic E-state index is 12.4. The molecule has 0 saturated heterocycles. The van der Waals surface area contributed by atoms with E-state index in [0.29, 0.717) is 36.5 Å². The molecule has 3 aromatic rings. The molecule has 3 rings (SSSR count). The van der Waals surface area contributed by atoms with Crippen LogP contribution in [0.1, 0.15) is 23.2 Å². The maximum atomic E-state index is 12.4. The van der Waals surface area contributed by atoms with Crippen molar-refractivity contribution in [3.63, 3.8) is 0 Å². The van der Waals surface area contributed by atoms with Gasteiger partial charge in [0.1, 0.15) is 15.3 Å². The third kappa shape index (κ3) is 6.61. The number of hydrogen-bond acceptors (Lipinski definition) is 9. The minimum absolute atomic E-state index is 0.0308. The monoisotopic (exact) mass is 463 g/mol. The second kappa shape index (κ2) is 10.8. The van der Waals surface area contributed by atoms with Gasteiger partial charge >= 0.3 is 5.97 Å². The van der Waals surface area contributed by atoms with Crippen molar-refractivity contribution < 1.29 is 24.2 Å². The second-order valence-corrected chi connectivity index (χ2v) is 8.96. The number of nitrogens with zero attached hydrogens (tertiary/aromatic N) is 1. The highest BCUT2D eigenvalue weighted by atomic mass is 32.9. The molecular formula is C20H17NO6S3. The van der Waals surface area contributed by atoms with Gasteiger partial charge in [-0.25, -0.2) is 4.79 Å². The van der Waals surface area contributed by atoms with E-state index in [2.05, 4.69) is 4.84 Å². The fourth-order valence-corrected chi connectivity index (χ4v) is 4.87. The summed E-state index contributed by atoms with van der Waals surface area (Å²) in [5.74, 6) is 0.479. The molecule has 156 valence electrons. The van der Waals surface area contributed by atoms with Gasteiger partial charge in [-0.1, -0.05) is 39.0 Å². The van der Waals surface area contributed by atoms with Crippen LogP contribution in [0.25, 0.3) is 10.4 Å². The predicted molar refractivity (Wildman–Crippen MR) is 118 cm³/mol. The summed E-state index contributed by atoms with van der Waals surface area (Å²) in [6.07, 6.45) is 1.09. The molecule has 0 radical (unpaired) electrons. The van der Waals surface area contributed by atoms with E-state index in [1.807, 2.05) is 18.2 Å². The van der Waals surface area contributed by atoms with E-state index in [4.69, 9.17) is 21.7 Å². The van der Waals surface area contributed by atoms with Crippen LogP contribution >= 0.6 is 32.9 Å². The van der Waals surface area contributed by atoms with Crippen molar-refractivity contribution in [3.05, 3.63) is 74.1 Å². The van der Waals surface area contributed by atoms with E-state index in [0.717, 1.165) is 14.3 Å². The molecule has 0 aliphatic carbocycles. The number of hydrogen-bond donors (Lipinski definition) is 0. The molecule has 30 heavy (non-hydrogen) atoms. The fraction of sp³-hybridized carbons (Fsp3) is 0.200. The lowest BCUT2D eigenvalue weighted by molar-refractivity contribution is -0.757. The molecule has 0 spiro atoms. The standard InChI is InChI=1S/C20H17NO6S3/c22-20(27-16-8-6-14(7-9-16)18-13-19(28)30-29-18)15-4-3-5-17(12-15)25-10-1-2-11-26-21(23)24/h3-9,12-13H,1-2,10-11H2. The molecule has 0 bridgehead atoms. The second-order valence-electron chi connectivity index (χ2n) is 6.05. The predicted octanol–water partition coefficient (Wildman–Crippen LogP) is 5.79. The maximum Gasteiger partial charge on any atom is 0.343 e. The van der Waals surface area contributed by atoms with Crippen LogP contribution in [-0.2, 0) is 4.84 Å². The van der Waals surface area contributed by atoms with E-state index >= 15 is 0 Å². The minimum atomic E-state index is -0.817. The van der Waals surface area contributed by atoms with E-state index in [1.54, 1.807) is 57.1 Å². The first-order valence-corrected chi connectivity index (χ1v) is 11.5. The Bertz CT molecular complexity index is 1060. The molecule has 0 saturated carbocycles. The van der Waals surface area contributed by atoms with Gasteiger partial charge in [0.25, 0.3) is 5.09 Å². The topological polar surface area (TPSA) is 87.9 Å². The average Bonchev–Trinajstić information content (AvgIpc) is 3.17.